The third-order valence-corrected chi connectivity index (χ3v) is 8.19. The number of carbonyl (C=O) groups is 7. The van der Waals surface area contributed by atoms with Crippen molar-refractivity contribution in [3.63, 3.8) is 0 Å². The molecule has 0 fully saturated rings. The van der Waals surface area contributed by atoms with E-state index in [9.17, 15) is 38.7 Å². The minimum Gasteiger partial charge on any atom is -0.480 e. The first-order valence-electron chi connectivity index (χ1n) is 16.4. The number of amides is 6. The summed E-state index contributed by atoms with van der Waals surface area (Å²) in [7, 11) is 0. The van der Waals surface area contributed by atoms with E-state index in [1.54, 1.807) is 13.8 Å². The van der Waals surface area contributed by atoms with E-state index >= 15 is 0 Å². The van der Waals surface area contributed by atoms with Gasteiger partial charge in [-0.3, -0.25) is 33.8 Å². The quantitative estimate of drug-likeness (QED) is 0.0185. The summed E-state index contributed by atoms with van der Waals surface area (Å²) in [5.41, 5.74) is 16.1. The summed E-state index contributed by atoms with van der Waals surface area (Å²) in [5, 5.41) is 33.6. The number of nitrogens with zero attached hydrogens (tertiary/aromatic N) is 1. The largest absolute Gasteiger partial charge is 0.480 e. The Morgan fingerprint density at radius 1 is 0.784 bits per heavy atom. The van der Waals surface area contributed by atoms with Crippen LogP contribution in [0.5, 0.6) is 0 Å². The Kier molecular flexibility index (Phi) is 23.3. The van der Waals surface area contributed by atoms with Gasteiger partial charge in [-0.1, -0.05) is 27.7 Å². The molecule has 0 spiro atoms. The molecule has 0 heterocycles. The van der Waals surface area contributed by atoms with Crippen molar-refractivity contribution in [2.45, 2.75) is 89.6 Å². The number of thioether (sulfide) groups is 1. The Morgan fingerprint density at radius 2 is 1.37 bits per heavy atom. The van der Waals surface area contributed by atoms with E-state index in [1.165, 1.54) is 11.8 Å². The molecule has 0 aromatic heterocycles. The number of carboxylic acids is 1. The van der Waals surface area contributed by atoms with Crippen molar-refractivity contribution in [2.75, 3.05) is 37.5 Å². The van der Waals surface area contributed by atoms with Crippen LogP contribution in [0.2, 0.25) is 0 Å². The molecule has 19 nitrogen and oxygen atoms in total. The minimum absolute atomic E-state index is 0.0621. The Balaban J connectivity index is 5.59. The van der Waals surface area contributed by atoms with Gasteiger partial charge in [0.05, 0.1) is 13.2 Å². The summed E-state index contributed by atoms with van der Waals surface area (Å²) in [5.74, 6) is -6.05. The molecule has 0 saturated carbocycles. The third-order valence-electron chi connectivity index (χ3n) is 7.18. The highest BCUT2D eigenvalue weighted by molar-refractivity contribution is 7.98. The third kappa shape index (κ3) is 19.4. The number of carbonyl (C=O) groups excluding carboxylic acids is 6. The zero-order chi connectivity index (χ0) is 39.3. The highest BCUT2D eigenvalue weighted by Gasteiger charge is 2.33. The smallest absolute Gasteiger partial charge is 0.326 e. The van der Waals surface area contributed by atoms with Gasteiger partial charge in [-0.15, -0.1) is 0 Å². The number of rotatable bonds is 25. The fraction of sp³-hybridized carbons (Fsp3) is 0.733. The molecule has 6 unspecified atom stereocenters. The second kappa shape index (κ2) is 25.2. The van der Waals surface area contributed by atoms with Crippen LogP contribution in [0.15, 0.2) is 4.99 Å². The molecule has 0 saturated heterocycles. The predicted octanol–water partition coefficient (Wildman–Crippen LogP) is -3.63. The molecule has 0 radical (unpaired) electrons. The van der Waals surface area contributed by atoms with Gasteiger partial charge >= 0.3 is 5.97 Å². The summed E-state index contributed by atoms with van der Waals surface area (Å²) >= 11 is 5.58. The van der Waals surface area contributed by atoms with E-state index in [0.29, 0.717) is 5.75 Å². The second-order valence-electron chi connectivity index (χ2n) is 12.4. The molecular weight excluding hydrogens is 709 g/mol. The molecular formula is C30H56N10O9S2. The number of aliphatic imine (C=N–C) groups is 1. The van der Waals surface area contributed by atoms with Gasteiger partial charge in [0, 0.05) is 12.3 Å². The fourth-order valence-electron chi connectivity index (χ4n) is 4.38. The van der Waals surface area contributed by atoms with Crippen LogP contribution in [0.3, 0.4) is 0 Å². The van der Waals surface area contributed by atoms with Gasteiger partial charge in [0.1, 0.15) is 36.3 Å². The van der Waals surface area contributed by atoms with Crippen LogP contribution in [-0.2, 0) is 33.6 Å². The van der Waals surface area contributed by atoms with Gasteiger partial charge in [-0.05, 0) is 49.5 Å². The minimum atomic E-state index is -1.29. The first-order valence-corrected chi connectivity index (χ1v) is 18.4. The molecule has 21 heteroatoms. The van der Waals surface area contributed by atoms with Crippen LogP contribution in [0.4, 0.5) is 0 Å². The monoisotopic (exact) mass is 764 g/mol. The number of aliphatic hydroxyl groups is 1. The molecule has 0 rings (SSSR count). The first-order chi connectivity index (χ1) is 23.9. The van der Waals surface area contributed by atoms with E-state index in [-0.39, 0.29) is 49.9 Å². The molecule has 6 amide bonds. The Labute approximate surface area is 308 Å². The average molecular weight is 765 g/mol. The van der Waals surface area contributed by atoms with Crippen LogP contribution in [0.25, 0.3) is 0 Å². The fourth-order valence-corrected chi connectivity index (χ4v) is 5.11. The lowest BCUT2D eigenvalue weighted by Gasteiger charge is -2.28. The lowest BCUT2D eigenvalue weighted by molar-refractivity contribution is -0.142. The van der Waals surface area contributed by atoms with Crippen molar-refractivity contribution in [1.82, 2.24) is 31.9 Å². The standard InChI is InChI=1S/C30H56N10O9S2/c1-15(2)11-20(26(45)40-23(16(3)4)28(47)38-19(29(48)49)8-10-51-5)39-27(46)21(14-50)36-22(42)12-35-25(44)18(7-6-9-34-30(32)33)37-24(43)17(31)13-41/h15-21,23,41,50H,6-14,31H2,1-5H3,(H,35,44)(H,36,42)(H,37,43)(H,38,47)(H,39,46)(H,40,45)(H,48,49)(H4,32,33,34). The molecule has 0 aliphatic rings. The van der Waals surface area contributed by atoms with E-state index in [0.717, 1.165) is 0 Å². The van der Waals surface area contributed by atoms with Gasteiger partial charge in [0.2, 0.25) is 35.4 Å². The Bertz CT molecular complexity index is 1200. The van der Waals surface area contributed by atoms with Crippen molar-refractivity contribution >= 4 is 71.8 Å². The number of thiol groups is 1. The lowest BCUT2D eigenvalue weighted by atomic mass is 9.99. The molecule has 14 N–H and O–H groups in total. The molecule has 0 aromatic carbocycles. The lowest BCUT2D eigenvalue weighted by Crippen LogP contribution is -2.59. The van der Waals surface area contributed by atoms with Crippen molar-refractivity contribution < 1.29 is 43.8 Å². The number of carboxylic acid groups (broad SMARTS) is 1. The van der Waals surface area contributed by atoms with Gasteiger partial charge in [-0.25, -0.2) is 4.79 Å². The second-order valence-corrected chi connectivity index (χ2v) is 13.8. The van der Waals surface area contributed by atoms with Crippen LogP contribution >= 0.6 is 24.4 Å². The maximum atomic E-state index is 13.4. The number of hydrogen-bond donors (Lipinski definition) is 12. The van der Waals surface area contributed by atoms with E-state index in [2.05, 4.69) is 49.5 Å². The molecule has 0 aromatic rings. The van der Waals surface area contributed by atoms with Crippen LogP contribution in [-0.4, -0.2) is 131 Å². The van der Waals surface area contributed by atoms with Crippen LogP contribution in [0, 0.1) is 11.8 Å². The number of guanidine groups is 1. The van der Waals surface area contributed by atoms with Gasteiger partial charge in [0.15, 0.2) is 5.96 Å². The van der Waals surface area contributed by atoms with Gasteiger partial charge < -0.3 is 59.3 Å². The van der Waals surface area contributed by atoms with Crippen LogP contribution < -0.4 is 49.1 Å². The van der Waals surface area contributed by atoms with Gasteiger partial charge in [-0.2, -0.15) is 24.4 Å². The zero-order valence-electron chi connectivity index (χ0n) is 29.8. The molecule has 0 aliphatic carbocycles. The zero-order valence-corrected chi connectivity index (χ0v) is 31.5. The SMILES string of the molecule is CSCCC(NC(=O)C(NC(=O)C(CC(C)C)NC(=O)C(CS)NC(=O)CNC(=O)C(CCCN=C(N)N)NC(=O)C(N)CO)C(C)C)C(=O)O. The normalized spacial score (nSPS) is 14.5. The number of aliphatic carboxylic acids is 1. The van der Waals surface area contributed by atoms with E-state index < -0.39 is 96.7 Å². The van der Waals surface area contributed by atoms with E-state index in [1.807, 2.05) is 20.1 Å². The molecule has 51 heavy (non-hydrogen) atoms. The first kappa shape index (κ1) is 47.2. The Hall–Kier alpha value is -3.82. The van der Waals surface area contributed by atoms with E-state index in [4.69, 9.17) is 22.3 Å². The summed E-state index contributed by atoms with van der Waals surface area (Å²) < 4.78 is 0. The number of nitrogens with two attached hydrogens (primary N) is 3. The van der Waals surface area contributed by atoms with Crippen molar-refractivity contribution in [1.29, 1.82) is 0 Å². The maximum Gasteiger partial charge on any atom is 0.326 e. The van der Waals surface area contributed by atoms with Crippen LogP contribution in [0.1, 0.15) is 53.4 Å². The predicted molar refractivity (Wildman–Crippen MR) is 196 cm³/mol. The summed E-state index contributed by atoms with van der Waals surface area (Å²) in [6, 6.07) is -7.07. The van der Waals surface area contributed by atoms with Crippen molar-refractivity contribution in [2.24, 2.45) is 34.0 Å². The Morgan fingerprint density at radius 3 is 1.88 bits per heavy atom. The number of aliphatic hydroxyl groups excluding tert-OH is 1. The summed E-state index contributed by atoms with van der Waals surface area (Å²) in [4.78, 5) is 93.0. The highest BCUT2D eigenvalue weighted by atomic mass is 32.2. The topological polar surface area (TPSA) is 323 Å². The van der Waals surface area contributed by atoms with Crippen molar-refractivity contribution in [3.05, 3.63) is 0 Å². The maximum absolute atomic E-state index is 13.4. The molecule has 0 bridgehead atoms. The highest BCUT2D eigenvalue weighted by Crippen LogP contribution is 2.10. The summed E-state index contributed by atoms with van der Waals surface area (Å²) in [6.07, 6.45) is 2.49. The van der Waals surface area contributed by atoms with Gasteiger partial charge in [0.25, 0.3) is 0 Å². The number of nitrogens with one attached hydrogen (secondary N) is 6. The molecule has 6 atom stereocenters. The number of hydrogen-bond acceptors (Lipinski definition) is 12. The average Bonchev–Trinajstić information content (AvgIpc) is 3.06. The molecule has 292 valence electrons. The van der Waals surface area contributed by atoms with Crippen molar-refractivity contribution in [3.8, 4) is 0 Å². The molecule has 0 aliphatic heterocycles. The summed E-state index contributed by atoms with van der Waals surface area (Å²) in [6.45, 7) is 5.87.